The fourth-order valence-electron chi connectivity index (χ4n) is 4.20. The molecule has 2 saturated heterocycles. The summed E-state index contributed by atoms with van der Waals surface area (Å²) < 4.78 is 11.7. The second kappa shape index (κ2) is 9.05. The molecule has 5 heterocycles. The Hall–Kier alpha value is -3.31. The molecule has 2 aliphatic heterocycles. The van der Waals surface area contributed by atoms with Crippen molar-refractivity contribution in [3.05, 3.63) is 29.8 Å². The van der Waals surface area contributed by atoms with E-state index >= 15 is 0 Å². The number of piperidine rings is 1. The van der Waals surface area contributed by atoms with Crippen molar-refractivity contribution in [3.8, 4) is 11.5 Å². The quantitative estimate of drug-likeness (QED) is 0.427. The number of anilines is 3. The molecule has 0 spiro atoms. The second-order valence-corrected chi connectivity index (χ2v) is 8.12. The van der Waals surface area contributed by atoms with Gasteiger partial charge in [-0.3, -0.25) is 5.10 Å². The van der Waals surface area contributed by atoms with Crippen LogP contribution in [0.25, 0.3) is 11.5 Å². The van der Waals surface area contributed by atoms with Crippen LogP contribution in [0.5, 0.6) is 0 Å². The molecule has 0 saturated carbocycles. The number of pyridine rings is 1. The zero-order chi connectivity index (χ0) is 21.9. The molecule has 4 N–H and O–H groups in total. The van der Waals surface area contributed by atoms with Gasteiger partial charge < -0.3 is 30.1 Å². The third-order valence-corrected chi connectivity index (χ3v) is 5.96. The van der Waals surface area contributed by atoms with E-state index in [1.807, 2.05) is 6.07 Å². The van der Waals surface area contributed by atoms with E-state index in [0.717, 1.165) is 38.3 Å². The highest BCUT2D eigenvalue weighted by Gasteiger charge is 2.26. The SMILES string of the molecule is C[C@@H]1COCCN1c1cc(-c2nnc(C3CCNCC3)o2)c(C=N)c(Nc2ccn[nH]2)n1. The van der Waals surface area contributed by atoms with E-state index in [-0.39, 0.29) is 12.0 Å². The van der Waals surface area contributed by atoms with Gasteiger partial charge in [-0.1, -0.05) is 0 Å². The first-order valence-corrected chi connectivity index (χ1v) is 10.9. The minimum absolute atomic E-state index is 0.169. The number of aromatic nitrogens is 5. The largest absolute Gasteiger partial charge is 0.420 e. The smallest absolute Gasteiger partial charge is 0.248 e. The van der Waals surface area contributed by atoms with E-state index in [1.165, 1.54) is 6.21 Å². The van der Waals surface area contributed by atoms with Crippen molar-refractivity contribution in [1.29, 1.82) is 5.41 Å². The van der Waals surface area contributed by atoms with Gasteiger partial charge in [0, 0.05) is 30.3 Å². The summed E-state index contributed by atoms with van der Waals surface area (Å²) in [5.74, 6) is 3.28. The van der Waals surface area contributed by atoms with Crippen molar-refractivity contribution in [2.24, 2.45) is 0 Å². The van der Waals surface area contributed by atoms with Gasteiger partial charge in [0.05, 0.1) is 31.0 Å². The van der Waals surface area contributed by atoms with Crippen LogP contribution in [-0.2, 0) is 4.74 Å². The van der Waals surface area contributed by atoms with Gasteiger partial charge in [0.1, 0.15) is 17.5 Å². The zero-order valence-electron chi connectivity index (χ0n) is 18.0. The molecule has 2 fully saturated rings. The number of H-pyrrole nitrogens is 1. The van der Waals surface area contributed by atoms with Gasteiger partial charge in [-0.2, -0.15) is 5.10 Å². The Morgan fingerprint density at radius 1 is 1.28 bits per heavy atom. The molecular weight excluding hydrogens is 410 g/mol. The van der Waals surface area contributed by atoms with Gasteiger partial charge in [0.2, 0.25) is 11.8 Å². The molecule has 2 aliphatic rings. The standard InChI is InChI=1S/C21H27N9O2/c1-13-12-31-9-8-30(13)18-10-15(16(11-22)19(26-18)25-17-4-7-24-27-17)21-29-28-20(32-21)14-2-5-23-6-3-14/h4,7,10-11,13-14,22-23H,2-3,5-6,8-9,12H2,1H3,(H2,24,25,26,27)/t13-/m1/s1. The summed E-state index contributed by atoms with van der Waals surface area (Å²) in [5, 5.41) is 30.3. The van der Waals surface area contributed by atoms with E-state index < -0.39 is 0 Å². The van der Waals surface area contributed by atoms with Crippen molar-refractivity contribution < 1.29 is 9.15 Å². The lowest BCUT2D eigenvalue weighted by atomic mass is 9.98. The third kappa shape index (κ3) is 4.08. The molecule has 0 bridgehead atoms. The van der Waals surface area contributed by atoms with Crippen LogP contribution >= 0.6 is 0 Å². The van der Waals surface area contributed by atoms with Crippen LogP contribution in [0.2, 0.25) is 0 Å². The van der Waals surface area contributed by atoms with Crippen molar-refractivity contribution >= 4 is 23.7 Å². The molecular formula is C21H27N9O2. The third-order valence-electron chi connectivity index (χ3n) is 5.96. The van der Waals surface area contributed by atoms with Crippen LogP contribution in [0.4, 0.5) is 17.5 Å². The topological polar surface area (TPSA) is 141 Å². The summed E-state index contributed by atoms with van der Waals surface area (Å²) in [6.07, 6.45) is 4.86. The number of ether oxygens (including phenoxy) is 1. The van der Waals surface area contributed by atoms with E-state index in [4.69, 9.17) is 19.5 Å². The van der Waals surface area contributed by atoms with Gasteiger partial charge >= 0.3 is 0 Å². The molecule has 1 atom stereocenters. The Balaban J connectivity index is 1.57. The first-order valence-electron chi connectivity index (χ1n) is 10.9. The maximum atomic E-state index is 8.10. The van der Waals surface area contributed by atoms with Gasteiger partial charge in [-0.25, -0.2) is 4.98 Å². The van der Waals surface area contributed by atoms with Crippen LogP contribution in [0.1, 0.15) is 37.1 Å². The van der Waals surface area contributed by atoms with E-state index in [2.05, 4.69) is 42.9 Å². The van der Waals surface area contributed by atoms with Crippen LogP contribution in [0.15, 0.2) is 22.7 Å². The Labute approximate surface area is 185 Å². The van der Waals surface area contributed by atoms with Crippen molar-refractivity contribution in [3.63, 3.8) is 0 Å². The maximum Gasteiger partial charge on any atom is 0.248 e. The molecule has 0 aromatic carbocycles. The van der Waals surface area contributed by atoms with Gasteiger partial charge in [0.25, 0.3) is 0 Å². The van der Waals surface area contributed by atoms with Gasteiger partial charge in [-0.05, 0) is 38.9 Å². The molecule has 0 aliphatic carbocycles. The van der Waals surface area contributed by atoms with E-state index in [0.29, 0.717) is 47.8 Å². The number of rotatable bonds is 6. The summed E-state index contributed by atoms with van der Waals surface area (Å²) in [6, 6.07) is 3.91. The van der Waals surface area contributed by atoms with Crippen LogP contribution in [0.3, 0.4) is 0 Å². The number of hydrogen-bond donors (Lipinski definition) is 4. The van der Waals surface area contributed by atoms with Crippen LogP contribution in [0, 0.1) is 5.41 Å². The van der Waals surface area contributed by atoms with Crippen molar-refractivity contribution in [2.45, 2.75) is 31.7 Å². The second-order valence-electron chi connectivity index (χ2n) is 8.12. The van der Waals surface area contributed by atoms with Gasteiger partial charge in [0.15, 0.2) is 0 Å². The number of aromatic amines is 1. The lowest BCUT2D eigenvalue weighted by molar-refractivity contribution is 0.0985. The summed E-state index contributed by atoms with van der Waals surface area (Å²) >= 11 is 0. The maximum absolute atomic E-state index is 8.10. The Bertz CT molecular complexity index is 1060. The lowest BCUT2D eigenvalue weighted by Crippen LogP contribution is -2.44. The minimum atomic E-state index is 0.169. The number of morpholine rings is 1. The van der Waals surface area contributed by atoms with Crippen molar-refractivity contribution in [2.75, 3.05) is 43.1 Å². The number of nitrogens with one attached hydrogen (secondary N) is 4. The first-order chi connectivity index (χ1) is 15.7. The summed E-state index contributed by atoms with van der Waals surface area (Å²) in [7, 11) is 0. The number of hydrogen-bond acceptors (Lipinski definition) is 10. The average molecular weight is 438 g/mol. The highest BCUT2D eigenvalue weighted by molar-refractivity contribution is 5.94. The number of nitrogens with zero attached hydrogens (tertiary/aromatic N) is 5. The Morgan fingerprint density at radius 2 is 2.16 bits per heavy atom. The van der Waals surface area contributed by atoms with Gasteiger partial charge in [-0.15, -0.1) is 10.2 Å². The molecule has 0 radical (unpaired) electrons. The lowest BCUT2D eigenvalue weighted by Gasteiger charge is -2.34. The van der Waals surface area contributed by atoms with Crippen LogP contribution < -0.4 is 15.5 Å². The van der Waals surface area contributed by atoms with Crippen LogP contribution in [-0.4, -0.2) is 70.5 Å². The summed E-state index contributed by atoms with van der Waals surface area (Å²) in [4.78, 5) is 7.03. The van der Waals surface area contributed by atoms with E-state index in [1.54, 1.807) is 12.3 Å². The normalized spacial score (nSPS) is 19.8. The van der Waals surface area contributed by atoms with Crippen molar-refractivity contribution in [1.82, 2.24) is 30.7 Å². The molecule has 5 rings (SSSR count). The fraction of sp³-hybridized carbons (Fsp3) is 0.476. The Morgan fingerprint density at radius 3 is 2.91 bits per heavy atom. The molecule has 11 heteroatoms. The molecule has 3 aromatic heterocycles. The molecule has 168 valence electrons. The summed E-state index contributed by atoms with van der Waals surface area (Å²) in [5.41, 5.74) is 1.25. The fourth-order valence-corrected chi connectivity index (χ4v) is 4.20. The highest BCUT2D eigenvalue weighted by Crippen LogP contribution is 2.34. The molecule has 3 aromatic rings. The summed E-state index contributed by atoms with van der Waals surface area (Å²) in [6.45, 7) is 5.99. The predicted molar refractivity (Wildman–Crippen MR) is 120 cm³/mol. The molecule has 0 amide bonds. The Kier molecular flexibility index (Phi) is 5.82. The first kappa shape index (κ1) is 20.6. The minimum Gasteiger partial charge on any atom is -0.420 e. The average Bonchev–Trinajstić information content (AvgIpc) is 3.52. The molecule has 0 unspecified atom stereocenters. The van der Waals surface area contributed by atoms with E-state index in [9.17, 15) is 0 Å². The highest BCUT2D eigenvalue weighted by atomic mass is 16.5. The monoisotopic (exact) mass is 437 g/mol. The zero-order valence-corrected chi connectivity index (χ0v) is 18.0. The molecule has 32 heavy (non-hydrogen) atoms. The molecule has 11 nitrogen and oxygen atoms in total. The predicted octanol–water partition coefficient (Wildman–Crippen LogP) is 2.29.